The zero-order valence-electron chi connectivity index (χ0n) is 7.59. The first-order chi connectivity index (χ1) is 6.09. The molecular formula is C9H11N3O. The summed E-state index contributed by atoms with van der Waals surface area (Å²) in [6.45, 7) is 3.71. The van der Waals surface area contributed by atoms with Crippen LogP contribution in [0.1, 0.15) is 11.3 Å². The van der Waals surface area contributed by atoms with Gasteiger partial charge in [0.15, 0.2) is 0 Å². The zero-order valence-corrected chi connectivity index (χ0v) is 7.59. The minimum absolute atomic E-state index is 0.0955. The Hall–Kier alpha value is -1.71. The zero-order chi connectivity index (χ0) is 9.59. The number of rotatable bonds is 0. The molecule has 4 heteroatoms. The van der Waals surface area contributed by atoms with Crippen LogP contribution in [-0.4, -0.2) is 9.38 Å². The molecule has 0 spiro atoms. The number of imidazole rings is 1. The van der Waals surface area contributed by atoms with E-state index in [4.69, 9.17) is 5.73 Å². The number of aryl methyl sites for hydroxylation is 2. The molecule has 0 aliphatic carbocycles. The van der Waals surface area contributed by atoms with Gasteiger partial charge >= 0.3 is 0 Å². The maximum Gasteiger partial charge on any atom is 0.209 e. The van der Waals surface area contributed by atoms with E-state index in [9.17, 15) is 4.79 Å². The molecule has 0 aromatic carbocycles. The minimum Gasteiger partial charge on any atom is -0.394 e. The van der Waals surface area contributed by atoms with Gasteiger partial charge in [-0.3, -0.25) is 4.79 Å². The lowest BCUT2D eigenvalue weighted by Crippen LogP contribution is -2.13. The van der Waals surface area contributed by atoms with E-state index >= 15 is 0 Å². The number of hydrogen-bond donors (Lipinski definition) is 2. The predicted molar refractivity (Wildman–Crippen MR) is 51.9 cm³/mol. The van der Waals surface area contributed by atoms with Crippen molar-refractivity contribution in [3.8, 4) is 0 Å². The van der Waals surface area contributed by atoms with E-state index in [1.165, 1.54) is 0 Å². The predicted octanol–water partition coefficient (Wildman–Crippen LogP) is 0.827. The average Bonchev–Trinajstić information content (AvgIpc) is 2.42. The van der Waals surface area contributed by atoms with Crippen molar-refractivity contribution in [3.05, 3.63) is 33.9 Å². The second kappa shape index (κ2) is 2.39. The summed E-state index contributed by atoms with van der Waals surface area (Å²) in [5.74, 6) is 0. The molecule has 2 heterocycles. The number of nitrogen functional groups attached to an aromatic ring is 1. The molecule has 0 aliphatic heterocycles. The van der Waals surface area contributed by atoms with Gasteiger partial charge in [0.2, 0.25) is 5.43 Å². The van der Waals surface area contributed by atoms with Gasteiger partial charge in [-0.2, -0.15) is 0 Å². The molecule has 4 nitrogen and oxygen atoms in total. The van der Waals surface area contributed by atoms with Crippen LogP contribution in [0.15, 0.2) is 17.2 Å². The Labute approximate surface area is 75.0 Å². The number of aromatic amines is 1. The fourth-order valence-corrected chi connectivity index (χ4v) is 1.48. The first-order valence-corrected chi connectivity index (χ1v) is 4.06. The number of H-pyrrole nitrogens is 1. The Balaban J connectivity index is 3.01. The van der Waals surface area contributed by atoms with Gasteiger partial charge < -0.3 is 15.1 Å². The molecule has 68 valence electrons. The molecule has 0 saturated heterocycles. The number of aromatic nitrogens is 2. The minimum atomic E-state index is -0.0955. The van der Waals surface area contributed by atoms with E-state index in [0.717, 1.165) is 11.3 Å². The van der Waals surface area contributed by atoms with Gasteiger partial charge in [-0.05, 0) is 13.8 Å². The molecule has 2 aromatic heterocycles. The summed E-state index contributed by atoms with van der Waals surface area (Å²) in [7, 11) is 0. The Morgan fingerprint density at radius 1 is 1.38 bits per heavy atom. The molecule has 0 saturated carbocycles. The number of pyridine rings is 1. The number of nitrogens with two attached hydrogens (primary N) is 1. The van der Waals surface area contributed by atoms with Crippen LogP contribution in [0.2, 0.25) is 0 Å². The quantitative estimate of drug-likeness (QED) is 0.626. The van der Waals surface area contributed by atoms with E-state index in [2.05, 4.69) is 4.98 Å². The molecule has 0 aliphatic rings. The van der Waals surface area contributed by atoms with E-state index in [-0.39, 0.29) is 11.1 Å². The molecule has 0 atom stereocenters. The van der Waals surface area contributed by atoms with Gasteiger partial charge in [-0.15, -0.1) is 0 Å². The summed E-state index contributed by atoms with van der Waals surface area (Å²) < 4.78 is 1.83. The lowest BCUT2D eigenvalue weighted by molar-refractivity contribution is 1.15. The van der Waals surface area contributed by atoms with Crippen LogP contribution < -0.4 is 11.2 Å². The van der Waals surface area contributed by atoms with E-state index in [1.54, 1.807) is 13.1 Å². The van der Waals surface area contributed by atoms with E-state index in [0.29, 0.717) is 5.56 Å². The maximum atomic E-state index is 11.4. The second-order valence-electron chi connectivity index (χ2n) is 3.23. The molecule has 0 fully saturated rings. The molecule has 2 aromatic rings. The van der Waals surface area contributed by atoms with Crippen molar-refractivity contribution < 1.29 is 0 Å². The highest BCUT2D eigenvalue weighted by atomic mass is 16.1. The fraction of sp³-hybridized carbons (Fsp3) is 0.222. The van der Waals surface area contributed by atoms with Crippen LogP contribution in [0.3, 0.4) is 0 Å². The first-order valence-electron chi connectivity index (χ1n) is 4.06. The van der Waals surface area contributed by atoms with Crippen LogP contribution in [0, 0.1) is 13.8 Å². The van der Waals surface area contributed by atoms with Crippen molar-refractivity contribution in [2.75, 3.05) is 5.73 Å². The highest BCUT2D eigenvalue weighted by molar-refractivity contribution is 5.54. The van der Waals surface area contributed by atoms with Gasteiger partial charge in [0, 0.05) is 23.7 Å². The van der Waals surface area contributed by atoms with Crippen molar-refractivity contribution >= 4 is 11.3 Å². The lowest BCUT2D eigenvalue weighted by atomic mass is 10.2. The summed E-state index contributed by atoms with van der Waals surface area (Å²) in [6, 6.07) is 0. The Bertz CT molecular complexity index is 521. The summed E-state index contributed by atoms with van der Waals surface area (Å²) in [4.78, 5) is 14.5. The molecule has 3 N–H and O–H groups in total. The standard InChI is InChI=1S/C9H11N3O/c1-5-3-12-4-7(10)8(13)6(2)9(12)11-5/h3-4,11H,10H2,1-2H3. The molecule has 0 radical (unpaired) electrons. The van der Waals surface area contributed by atoms with Crippen LogP contribution in [0.25, 0.3) is 5.65 Å². The number of anilines is 1. The summed E-state index contributed by atoms with van der Waals surface area (Å²) >= 11 is 0. The van der Waals surface area contributed by atoms with Crippen molar-refractivity contribution in [3.63, 3.8) is 0 Å². The van der Waals surface area contributed by atoms with Crippen molar-refractivity contribution in [1.82, 2.24) is 9.38 Å². The fourth-order valence-electron chi connectivity index (χ4n) is 1.48. The third-order valence-electron chi connectivity index (χ3n) is 2.14. The first kappa shape index (κ1) is 7.91. The van der Waals surface area contributed by atoms with Crippen LogP contribution >= 0.6 is 0 Å². The summed E-state index contributed by atoms with van der Waals surface area (Å²) in [5.41, 5.74) is 8.22. The normalized spacial score (nSPS) is 10.9. The topological polar surface area (TPSA) is 63.3 Å². The van der Waals surface area contributed by atoms with Crippen molar-refractivity contribution in [1.29, 1.82) is 0 Å². The second-order valence-corrected chi connectivity index (χ2v) is 3.23. The van der Waals surface area contributed by atoms with Crippen molar-refractivity contribution in [2.24, 2.45) is 0 Å². The molecule has 2 rings (SSSR count). The van der Waals surface area contributed by atoms with Gasteiger partial charge in [-0.25, -0.2) is 0 Å². The molecule has 0 unspecified atom stereocenters. The van der Waals surface area contributed by atoms with Gasteiger partial charge in [-0.1, -0.05) is 0 Å². The van der Waals surface area contributed by atoms with E-state index in [1.807, 2.05) is 17.5 Å². The third kappa shape index (κ3) is 1.02. The van der Waals surface area contributed by atoms with Gasteiger partial charge in [0.25, 0.3) is 0 Å². The largest absolute Gasteiger partial charge is 0.394 e. The average molecular weight is 177 g/mol. The van der Waals surface area contributed by atoms with Crippen LogP contribution in [0.5, 0.6) is 0 Å². The highest BCUT2D eigenvalue weighted by Crippen LogP contribution is 2.08. The maximum absolute atomic E-state index is 11.4. The number of fused-ring (bicyclic) bond motifs is 1. The Kier molecular flexibility index (Phi) is 1.45. The molecular weight excluding hydrogens is 166 g/mol. The number of nitrogens with zero attached hydrogens (tertiary/aromatic N) is 1. The Morgan fingerprint density at radius 2 is 2.08 bits per heavy atom. The smallest absolute Gasteiger partial charge is 0.209 e. The van der Waals surface area contributed by atoms with Gasteiger partial charge in [0.05, 0.1) is 5.69 Å². The number of nitrogens with one attached hydrogen (secondary N) is 1. The van der Waals surface area contributed by atoms with Crippen LogP contribution in [-0.2, 0) is 0 Å². The van der Waals surface area contributed by atoms with Crippen molar-refractivity contribution in [2.45, 2.75) is 13.8 Å². The molecule has 0 amide bonds. The number of hydrogen-bond acceptors (Lipinski definition) is 2. The summed E-state index contributed by atoms with van der Waals surface area (Å²) in [6.07, 6.45) is 3.53. The summed E-state index contributed by atoms with van der Waals surface area (Å²) in [5, 5.41) is 0. The lowest BCUT2D eigenvalue weighted by Gasteiger charge is -1.98. The van der Waals surface area contributed by atoms with E-state index < -0.39 is 0 Å². The van der Waals surface area contributed by atoms with Gasteiger partial charge in [0.1, 0.15) is 5.65 Å². The monoisotopic (exact) mass is 177 g/mol. The SMILES string of the molecule is Cc1cn2cc(N)c(=O)c(C)c2[nH]1. The molecule has 13 heavy (non-hydrogen) atoms. The Morgan fingerprint density at radius 3 is 2.77 bits per heavy atom. The highest BCUT2D eigenvalue weighted by Gasteiger charge is 2.05. The molecule has 0 bridgehead atoms. The third-order valence-corrected chi connectivity index (χ3v) is 2.14. The van der Waals surface area contributed by atoms with Crippen LogP contribution in [0.4, 0.5) is 5.69 Å².